The highest BCUT2D eigenvalue weighted by Gasteiger charge is 2.16. The molecule has 2 aromatic carbocycles. The molecule has 3 aromatic rings. The number of nitrogens with two attached hydrogens (primary N) is 1. The van der Waals surface area contributed by atoms with E-state index in [0.717, 1.165) is 16.8 Å². The largest absolute Gasteiger partial charge is 0.493 e. The van der Waals surface area contributed by atoms with Crippen LogP contribution in [0.15, 0.2) is 30.3 Å². The molecule has 10 heteroatoms. The third-order valence-corrected chi connectivity index (χ3v) is 3.69. The Balaban J connectivity index is 1.95. The molecule has 0 fully saturated rings. The van der Waals surface area contributed by atoms with Crippen molar-refractivity contribution in [2.45, 2.75) is 0 Å². The van der Waals surface area contributed by atoms with E-state index >= 15 is 0 Å². The lowest BCUT2D eigenvalue weighted by molar-refractivity contribution is 0.324. The second-order valence-corrected chi connectivity index (χ2v) is 5.34. The van der Waals surface area contributed by atoms with E-state index in [-0.39, 0.29) is 17.6 Å². The van der Waals surface area contributed by atoms with E-state index in [4.69, 9.17) is 19.9 Å². The molecule has 0 unspecified atom stereocenters. The second kappa shape index (κ2) is 7.36. The quantitative estimate of drug-likeness (QED) is 0.682. The minimum atomic E-state index is -0.814. The molecule has 1 aromatic heterocycles. The highest BCUT2D eigenvalue weighted by molar-refractivity contribution is 5.66. The predicted molar refractivity (Wildman–Crippen MR) is 95.1 cm³/mol. The summed E-state index contributed by atoms with van der Waals surface area (Å²) in [6, 6.07) is 6.36. The fourth-order valence-corrected chi connectivity index (χ4v) is 2.49. The number of nitrogens with zero attached hydrogens (tertiary/aromatic N) is 3. The molecule has 0 radical (unpaired) electrons. The van der Waals surface area contributed by atoms with Gasteiger partial charge in [-0.25, -0.2) is 8.78 Å². The van der Waals surface area contributed by atoms with Crippen LogP contribution >= 0.6 is 0 Å². The summed E-state index contributed by atoms with van der Waals surface area (Å²) in [5.74, 6) is -0.206. The van der Waals surface area contributed by atoms with E-state index in [1.54, 1.807) is 12.1 Å². The third kappa shape index (κ3) is 3.54. The molecule has 142 valence electrons. The zero-order chi connectivity index (χ0) is 19.6. The van der Waals surface area contributed by atoms with Gasteiger partial charge in [0, 0.05) is 23.9 Å². The summed E-state index contributed by atoms with van der Waals surface area (Å²) in [6.07, 6.45) is 0. The fraction of sp³-hybridized carbons (Fsp3) is 0.176. The van der Waals surface area contributed by atoms with Gasteiger partial charge in [-0.15, -0.1) is 5.10 Å². The molecule has 0 saturated carbocycles. The maximum Gasteiger partial charge on any atom is 0.248 e. The third-order valence-electron chi connectivity index (χ3n) is 3.69. The standard InChI is InChI=1S/C17H17F2N5O3/c1-25-13-7-10(8-14(26-2)15(13)27-3)21-17-22-16(20)24(23-17)12-5-4-9(18)6-11(12)19/h4-8H,1-3H3,(H3,20,21,22,23). The van der Waals surface area contributed by atoms with Gasteiger partial charge in [-0.2, -0.15) is 9.67 Å². The maximum absolute atomic E-state index is 14.0. The molecular weight excluding hydrogens is 360 g/mol. The van der Waals surface area contributed by atoms with Gasteiger partial charge in [0.15, 0.2) is 17.3 Å². The van der Waals surface area contributed by atoms with E-state index in [0.29, 0.717) is 22.9 Å². The van der Waals surface area contributed by atoms with Crippen molar-refractivity contribution in [1.29, 1.82) is 0 Å². The van der Waals surface area contributed by atoms with Gasteiger partial charge in [0.1, 0.15) is 11.5 Å². The first-order valence-corrected chi connectivity index (χ1v) is 7.71. The van der Waals surface area contributed by atoms with Crippen molar-refractivity contribution in [3.63, 3.8) is 0 Å². The van der Waals surface area contributed by atoms with Gasteiger partial charge in [-0.3, -0.25) is 0 Å². The van der Waals surface area contributed by atoms with E-state index < -0.39 is 11.6 Å². The molecule has 0 saturated heterocycles. The van der Waals surface area contributed by atoms with E-state index in [1.165, 1.54) is 27.4 Å². The molecule has 0 aliphatic carbocycles. The molecule has 3 N–H and O–H groups in total. The first kappa shape index (κ1) is 18.2. The number of hydrogen-bond acceptors (Lipinski definition) is 7. The highest BCUT2D eigenvalue weighted by atomic mass is 19.1. The van der Waals surface area contributed by atoms with Crippen LogP contribution in [0.5, 0.6) is 17.2 Å². The smallest absolute Gasteiger partial charge is 0.248 e. The van der Waals surface area contributed by atoms with Crippen LogP contribution in [-0.4, -0.2) is 36.1 Å². The van der Waals surface area contributed by atoms with Crippen molar-refractivity contribution < 1.29 is 23.0 Å². The van der Waals surface area contributed by atoms with Gasteiger partial charge in [-0.1, -0.05) is 0 Å². The minimum Gasteiger partial charge on any atom is -0.493 e. The van der Waals surface area contributed by atoms with Crippen LogP contribution in [0, 0.1) is 11.6 Å². The molecule has 0 aliphatic heterocycles. The van der Waals surface area contributed by atoms with E-state index in [1.807, 2.05) is 0 Å². The number of nitrogens with one attached hydrogen (secondary N) is 1. The predicted octanol–water partition coefficient (Wildman–Crippen LogP) is 2.90. The summed E-state index contributed by atoms with van der Waals surface area (Å²) < 4.78 is 44.0. The van der Waals surface area contributed by atoms with Gasteiger partial charge in [-0.05, 0) is 12.1 Å². The van der Waals surface area contributed by atoms with Crippen LogP contribution in [-0.2, 0) is 0 Å². The van der Waals surface area contributed by atoms with Crippen molar-refractivity contribution in [3.8, 4) is 22.9 Å². The Morgan fingerprint density at radius 2 is 1.67 bits per heavy atom. The Hall–Kier alpha value is -3.56. The lowest BCUT2D eigenvalue weighted by Gasteiger charge is -2.14. The minimum absolute atomic E-state index is 0.0284. The first-order valence-electron chi connectivity index (χ1n) is 7.71. The Morgan fingerprint density at radius 1 is 1.00 bits per heavy atom. The van der Waals surface area contributed by atoms with E-state index in [2.05, 4.69) is 15.4 Å². The molecule has 8 nitrogen and oxygen atoms in total. The van der Waals surface area contributed by atoms with Crippen molar-refractivity contribution in [2.24, 2.45) is 0 Å². The lowest BCUT2D eigenvalue weighted by Crippen LogP contribution is -2.05. The summed E-state index contributed by atoms with van der Waals surface area (Å²) in [6.45, 7) is 0. The first-order chi connectivity index (χ1) is 13.0. The van der Waals surface area contributed by atoms with Crippen LogP contribution in [0.25, 0.3) is 5.69 Å². The van der Waals surface area contributed by atoms with Crippen LogP contribution in [0.2, 0.25) is 0 Å². The van der Waals surface area contributed by atoms with Crippen LogP contribution in [0.1, 0.15) is 0 Å². The van der Waals surface area contributed by atoms with E-state index in [9.17, 15) is 8.78 Å². The van der Waals surface area contributed by atoms with Crippen LogP contribution in [0.4, 0.5) is 26.4 Å². The number of benzene rings is 2. The zero-order valence-electron chi connectivity index (χ0n) is 14.8. The van der Waals surface area contributed by atoms with Crippen molar-refractivity contribution in [2.75, 3.05) is 32.4 Å². The molecular formula is C17H17F2N5O3. The molecule has 0 spiro atoms. The molecule has 3 rings (SSSR count). The molecule has 0 bridgehead atoms. The van der Waals surface area contributed by atoms with Crippen molar-refractivity contribution in [3.05, 3.63) is 42.0 Å². The van der Waals surface area contributed by atoms with Gasteiger partial charge >= 0.3 is 0 Å². The Kier molecular flexibility index (Phi) is 4.97. The monoisotopic (exact) mass is 377 g/mol. The molecule has 0 aliphatic rings. The maximum atomic E-state index is 14.0. The Bertz CT molecular complexity index is 952. The summed E-state index contributed by atoms with van der Waals surface area (Å²) in [4.78, 5) is 4.04. The number of halogens is 2. The number of aromatic nitrogens is 3. The lowest BCUT2D eigenvalue weighted by atomic mass is 10.2. The van der Waals surface area contributed by atoms with Gasteiger partial charge < -0.3 is 25.3 Å². The molecule has 0 atom stereocenters. The summed E-state index contributed by atoms with van der Waals surface area (Å²) in [5, 5.41) is 7.04. The second-order valence-electron chi connectivity index (χ2n) is 5.34. The topological polar surface area (TPSA) is 96.5 Å². The van der Waals surface area contributed by atoms with Crippen molar-refractivity contribution in [1.82, 2.24) is 14.8 Å². The van der Waals surface area contributed by atoms with Crippen LogP contribution < -0.4 is 25.3 Å². The number of methoxy groups -OCH3 is 3. The van der Waals surface area contributed by atoms with Crippen molar-refractivity contribution >= 4 is 17.6 Å². The zero-order valence-corrected chi connectivity index (χ0v) is 14.8. The van der Waals surface area contributed by atoms with Gasteiger partial charge in [0.2, 0.25) is 17.6 Å². The Morgan fingerprint density at radius 3 is 2.22 bits per heavy atom. The van der Waals surface area contributed by atoms with Crippen LogP contribution in [0.3, 0.4) is 0 Å². The summed E-state index contributed by atoms with van der Waals surface area (Å²) >= 11 is 0. The number of anilines is 3. The normalized spacial score (nSPS) is 10.6. The number of nitrogen functional groups attached to an aromatic ring is 1. The van der Waals surface area contributed by atoms with Gasteiger partial charge in [0.05, 0.1) is 21.3 Å². The summed E-state index contributed by atoms with van der Waals surface area (Å²) in [5.41, 5.74) is 6.31. The number of rotatable bonds is 6. The highest BCUT2D eigenvalue weighted by Crippen LogP contribution is 2.40. The Labute approximate surface area is 153 Å². The average Bonchev–Trinajstić information content (AvgIpc) is 3.00. The summed E-state index contributed by atoms with van der Waals surface area (Å²) in [7, 11) is 4.47. The SMILES string of the molecule is COc1cc(Nc2nc(N)n(-c3ccc(F)cc3F)n2)cc(OC)c1OC. The average molecular weight is 377 g/mol. The van der Waals surface area contributed by atoms with Gasteiger partial charge in [0.25, 0.3) is 0 Å². The fourth-order valence-electron chi connectivity index (χ4n) is 2.49. The molecule has 27 heavy (non-hydrogen) atoms. The molecule has 1 heterocycles. The molecule has 0 amide bonds. The number of ether oxygens (including phenoxy) is 3. The number of hydrogen-bond donors (Lipinski definition) is 2.